The van der Waals surface area contributed by atoms with Crippen LogP contribution in [0.2, 0.25) is 0 Å². The Bertz CT molecular complexity index is 424. The van der Waals surface area contributed by atoms with Gasteiger partial charge in [0.25, 0.3) is 0 Å². The summed E-state index contributed by atoms with van der Waals surface area (Å²) in [6, 6.07) is 9.38. The van der Waals surface area contributed by atoms with Gasteiger partial charge in [-0.3, -0.25) is 0 Å². The molecule has 1 aliphatic rings. The van der Waals surface area contributed by atoms with E-state index in [1.165, 1.54) is 75.3 Å². The van der Waals surface area contributed by atoms with Crippen LogP contribution in [-0.4, -0.2) is 0 Å². The third kappa shape index (κ3) is 5.69. The maximum atomic E-state index is 2.46. The first kappa shape index (κ1) is 16.3. The molecule has 0 amide bonds. The molecule has 1 aromatic carbocycles. The van der Waals surface area contributed by atoms with E-state index in [1.807, 2.05) is 0 Å². The smallest absolute Gasteiger partial charge is 0.0228 e. The first-order valence-electron chi connectivity index (χ1n) is 9.08. The average Bonchev–Trinajstić information content (AvgIpc) is 2.52. The van der Waals surface area contributed by atoms with Crippen molar-refractivity contribution >= 4 is 5.57 Å². The Labute approximate surface area is 131 Å². The molecule has 0 radical (unpaired) electrons. The van der Waals surface area contributed by atoms with Crippen LogP contribution in [0.3, 0.4) is 0 Å². The molecule has 0 nitrogen and oxygen atoms in total. The highest BCUT2D eigenvalue weighted by molar-refractivity contribution is 5.66. The molecule has 116 valence electrons. The highest BCUT2D eigenvalue weighted by atomic mass is 14.2. The van der Waals surface area contributed by atoms with Crippen molar-refractivity contribution in [2.75, 3.05) is 0 Å². The van der Waals surface area contributed by atoms with Gasteiger partial charge in [-0.05, 0) is 54.7 Å². The fourth-order valence-corrected chi connectivity index (χ4v) is 3.22. The summed E-state index contributed by atoms with van der Waals surface area (Å²) in [6.45, 7) is 4.64. The van der Waals surface area contributed by atoms with Gasteiger partial charge in [0.05, 0.1) is 0 Å². The minimum Gasteiger partial charge on any atom is -0.0805 e. The lowest BCUT2D eigenvalue weighted by molar-refractivity contribution is 0.534. The average molecular weight is 284 g/mol. The maximum absolute atomic E-state index is 2.46. The first-order valence-corrected chi connectivity index (χ1v) is 9.08. The van der Waals surface area contributed by atoms with E-state index in [0.29, 0.717) is 0 Å². The summed E-state index contributed by atoms with van der Waals surface area (Å²) in [5.74, 6) is 0.876. The van der Waals surface area contributed by atoms with E-state index in [4.69, 9.17) is 0 Å². The van der Waals surface area contributed by atoms with Gasteiger partial charge in [-0.1, -0.05) is 76.3 Å². The fraction of sp³-hybridized carbons (Fsp3) is 0.619. The van der Waals surface area contributed by atoms with Crippen LogP contribution in [0.15, 0.2) is 30.3 Å². The third-order valence-electron chi connectivity index (χ3n) is 4.82. The molecule has 0 N–H and O–H groups in total. The second-order valence-corrected chi connectivity index (χ2v) is 6.82. The van der Waals surface area contributed by atoms with Crippen LogP contribution < -0.4 is 0 Å². The van der Waals surface area contributed by atoms with E-state index in [0.717, 1.165) is 5.92 Å². The van der Waals surface area contributed by atoms with Gasteiger partial charge in [0.1, 0.15) is 0 Å². The van der Waals surface area contributed by atoms with Crippen LogP contribution in [-0.2, 0) is 6.42 Å². The molecule has 0 heterocycles. The van der Waals surface area contributed by atoms with Crippen LogP contribution in [0.1, 0.15) is 82.8 Å². The molecule has 1 unspecified atom stereocenters. The van der Waals surface area contributed by atoms with Gasteiger partial charge < -0.3 is 0 Å². The molecule has 1 aliphatic carbocycles. The van der Waals surface area contributed by atoms with E-state index >= 15 is 0 Å². The molecule has 0 aromatic heterocycles. The molecule has 21 heavy (non-hydrogen) atoms. The number of hydrogen-bond acceptors (Lipinski definition) is 0. The monoisotopic (exact) mass is 284 g/mol. The van der Waals surface area contributed by atoms with Crippen molar-refractivity contribution < 1.29 is 0 Å². The van der Waals surface area contributed by atoms with Crippen molar-refractivity contribution in [1.29, 1.82) is 0 Å². The van der Waals surface area contributed by atoms with Crippen molar-refractivity contribution in [2.24, 2.45) is 5.92 Å². The van der Waals surface area contributed by atoms with Gasteiger partial charge in [-0.15, -0.1) is 0 Å². The van der Waals surface area contributed by atoms with E-state index in [9.17, 15) is 0 Å². The van der Waals surface area contributed by atoms with Crippen LogP contribution in [0, 0.1) is 5.92 Å². The molecule has 1 aromatic rings. The largest absolute Gasteiger partial charge is 0.0805 e. The molecule has 0 spiro atoms. The van der Waals surface area contributed by atoms with E-state index in [-0.39, 0.29) is 0 Å². The van der Waals surface area contributed by atoms with Gasteiger partial charge >= 0.3 is 0 Å². The zero-order valence-corrected chi connectivity index (χ0v) is 14.0. The standard InChI is InChI=1S/C21H32/c1-3-4-5-6-7-8-9-19-12-16-21(17-13-19)20-14-10-18(2)11-15-20/h12-14,16-18H,3-11,15H2,1-2H3. The number of allylic oxidation sites excluding steroid dienone is 2. The Balaban J connectivity index is 1.74. The molecule has 0 saturated heterocycles. The highest BCUT2D eigenvalue weighted by Gasteiger charge is 2.11. The maximum Gasteiger partial charge on any atom is -0.0228 e. The van der Waals surface area contributed by atoms with Crippen molar-refractivity contribution in [3.63, 3.8) is 0 Å². The zero-order valence-electron chi connectivity index (χ0n) is 14.0. The summed E-state index contributed by atoms with van der Waals surface area (Å²) in [5, 5.41) is 0. The predicted octanol–water partition coefficient (Wildman–Crippen LogP) is 6.79. The topological polar surface area (TPSA) is 0 Å². The van der Waals surface area contributed by atoms with Gasteiger partial charge in [-0.25, -0.2) is 0 Å². The molecule has 0 aliphatic heterocycles. The Morgan fingerprint density at radius 2 is 1.67 bits per heavy atom. The number of benzene rings is 1. The Morgan fingerprint density at radius 3 is 2.33 bits per heavy atom. The first-order chi connectivity index (χ1) is 10.3. The Kier molecular flexibility index (Phi) is 7.06. The van der Waals surface area contributed by atoms with Gasteiger partial charge in [0.15, 0.2) is 0 Å². The molecular weight excluding hydrogens is 252 g/mol. The molecule has 2 rings (SSSR count). The fourth-order valence-electron chi connectivity index (χ4n) is 3.22. The minimum atomic E-state index is 0.876. The van der Waals surface area contributed by atoms with E-state index in [1.54, 1.807) is 5.57 Å². The molecule has 0 fully saturated rings. The van der Waals surface area contributed by atoms with E-state index < -0.39 is 0 Å². The third-order valence-corrected chi connectivity index (χ3v) is 4.82. The van der Waals surface area contributed by atoms with Gasteiger partial charge in [0.2, 0.25) is 0 Å². The van der Waals surface area contributed by atoms with Crippen molar-refractivity contribution in [3.8, 4) is 0 Å². The van der Waals surface area contributed by atoms with Gasteiger partial charge in [0, 0.05) is 0 Å². The number of rotatable bonds is 8. The Morgan fingerprint density at radius 1 is 0.952 bits per heavy atom. The SMILES string of the molecule is CCCCCCCCc1ccc(C2=CCC(C)CC2)cc1. The number of hydrogen-bond donors (Lipinski definition) is 0. The lowest BCUT2D eigenvalue weighted by atomic mass is 9.87. The van der Waals surface area contributed by atoms with Crippen molar-refractivity contribution in [3.05, 3.63) is 41.5 Å². The van der Waals surface area contributed by atoms with Gasteiger partial charge in [-0.2, -0.15) is 0 Å². The number of aryl methyl sites for hydroxylation is 1. The van der Waals surface area contributed by atoms with Crippen LogP contribution in [0.4, 0.5) is 0 Å². The summed E-state index contributed by atoms with van der Waals surface area (Å²) < 4.78 is 0. The quantitative estimate of drug-likeness (QED) is 0.461. The zero-order chi connectivity index (χ0) is 14.9. The molecule has 0 bridgehead atoms. The summed E-state index contributed by atoms with van der Waals surface area (Å²) in [7, 11) is 0. The van der Waals surface area contributed by atoms with Crippen LogP contribution in [0.5, 0.6) is 0 Å². The normalized spacial score (nSPS) is 18.6. The predicted molar refractivity (Wildman–Crippen MR) is 94.5 cm³/mol. The molecule has 0 saturated carbocycles. The van der Waals surface area contributed by atoms with Crippen molar-refractivity contribution in [2.45, 2.75) is 78.1 Å². The molecule has 0 heteroatoms. The lowest BCUT2D eigenvalue weighted by Gasteiger charge is -2.18. The summed E-state index contributed by atoms with van der Waals surface area (Å²) >= 11 is 0. The lowest BCUT2D eigenvalue weighted by Crippen LogP contribution is -2.01. The van der Waals surface area contributed by atoms with E-state index in [2.05, 4.69) is 44.2 Å². The highest BCUT2D eigenvalue weighted by Crippen LogP contribution is 2.30. The second-order valence-electron chi connectivity index (χ2n) is 6.82. The second kappa shape index (κ2) is 9.07. The summed E-state index contributed by atoms with van der Waals surface area (Å²) in [6.07, 6.45) is 15.9. The summed E-state index contributed by atoms with van der Waals surface area (Å²) in [5.41, 5.74) is 4.53. The molecular formula is C21H32. The van der Waals surface area contributed by atoms with Crippen molar-refractivity contribution in [1.82, 2.24) is 0 Å². The van der Waals surface area contributed by atoms with Crippen LogP contribution >= 0.6 is 0 Å². The number of unbranched alkanes of at least 4 members (excludes halogenated alkanes) is 5. The molecule has 1 atom stereocenters. The van der Waals surface area contributed by atoms with Crippen LogP contribution in [0.25, 0.3) is 5.57 Å². The minimum absolute atomic E-state index is 0.876. The Hall–Kier alpha value is -1.04. The summed E-state index contributed by atoms with van der Waals surface area (Å²) in [4.78, 5) is 0.